The lowest BCUT2D eigenvalue weighted by Gasteiger charge is -2.28. The molecule has 0 aromatic heterocycles. The van der Waals surface area contributed by atoms with Gasteiger partial charge in [-0.2, -0.15) is 0 Å². The van der Waals surface area contributed by atoms with E-state index in [1.807, 2.05) is 19.1 Å². The van der Waals surface area contributed by atoms with Crippen molar-refractivity contribution in [2.45, 2.75) is 52.0 Å². The number of esters is 1. The summed E-state index contributed by atoms with van der Waals surface area (Å²) < 4.78 is 16.0. The van der Waals surface area contributed by atoms with E-state index >= 15 is 0 Å². The Morgan fingerprint density at radius 2 is 1.62 bits per heavy atom. The smallest absolute Gasteiger partial charge is 0.307 e. The highest BCUT2D eigenvalue weighted by Gasteiger charge is 2.27. The molecule has 0 heterocycles. The van der Waals surface area contributed by atoms with E-state index in [4.69, 9.17) is 14.2 Å². The molecule has 144 valence electrons. The van der Waals surface area contributed by atoms with E-state index < -0.39 is 0 Å². The Balaban J connectivity index is 1.89. The molecule has 0 bridgehead atoms. The molecule has 1 saturated carbocycles. The van der Waals surface area contributed by atoms with Crippen LogP contribution in [-0.2, 0) is 14.3 Å². The standard InChI is InChI=1S/C20H29NO5/c1-3-24-17-9-11-18(12-10-17)26-15-19(22)21(16-7-5-6-8-16)14-13-20(23)25-4-2/h9-12,16H,3-8,13-15H2,1-2H3. The zero-order valence-electron chi connectivity index (χ0n) is 15.7. The molecule has 1 amide bonds. The van der Waals surface area contributed by atoms with Crippen molar-refractivity contribution >= 4 is 11.9 Å². The number of carbonyl (C=O) groups is 2. The number of benzene rings is 1. The van der Waals surface area contributed by atoms with Crippen LogP contribution in [0.5, 0.6) is 11.5 Å². The monoisotopic (exact) mass is 363 g/mol. The Bertz CT molecular complexity index is 566. The molecule has 1 fully saturated rings. The minimum atomic E-state index is -0.268. The van der Waals surface area contributed by atoms with Crippen LogP contribution in [-0.4, -0.2) is 49.2 Å². The van der Waals surface area contributed by atoms with Crippen molar-refractivity contribution in [2.75, 3.05) is 26.4 Å². The molecule has 0 aliphatic heterocycles. The third-order valence-corrected chi connectivity index (χ3v) is 4.45. The minimum absolute atomic E-state index is 0.0344. The summed E-state index contributed by atoms with van der Waals surface area (Å²) in [6.45, 7) is 5.02. The Morgan fingerprint density at radius 3 is 2.19 bits per heavy atom. The molecule has 0 spiro atoms. The Morgan fingerprint density at radius 1 is 1.00 bits per heavy atom. The van der Waals surface area contributed by atoms with Crippen LogP contribution in [0.25, 0.3) is 0 Å². The number of carbonyl (C=O) groups excluding carboxylic acids is 2. The second-order valence-electron chi connectivity index (χ2n) is 6.27. The van der Waals surface area contributed by atoms with Gasteiger partial charge in [0.25, 0.3) is 5.91 Å². The Hall–Kier alpha value is -2.24. The van der Waals surface area contributed by atoms with Crippen molar-refractivity contribution in [1.82, 2.24) is 4.90 Å². The van der Waals surface area contributed by atoms with Gasteiger partial charge in [0.1, 0.15) is 11.5 Å². The van der Waals surface area contributed by atoms with E-state index in [2.05, 4.69) is 0 Å². The number of hydrogen-bond donors (Lipinski definition) is 0. The molecule has 0 unspecified atom stereocenters. The maximum Gasteiger partial charge on any atom is 0.307 e. The molecule has 6 nitrogen and oxygen atoms in total. The molecule has 2 rings (SSSR count). The number of rotatable bonds is 10. The maximum atomic E-state index is 12.7. The molecule has 1 aliphatic carbocycles. The lowest BCUT2D eigenvalue weighted by atomic mass is 10.2. The first-order valence-electron chi connectivity index (χ1n) is 9.44. The summed E-state index contributed by atoms with van der Waals surface area (Å²) in [5.41, 5.74) is 0. The molecule has 0 radical (unpaired) electrons. The molecule has 1 aliphatic rings. The fraction of sp³-hybridized carbons (Fsp3) is 0.600. The van der Waals surface area contributed by atoms with Crippen molar-refractivity contribution in [1.29, 1.82) is 0 Å². The van der Waals surface area contributed by atoms with Gasteiger partial charge < -0.3 is 19.1 Å². The largest absolute Gasteiger partial charge is 0.494 e. The number of amides is 1. The average Bonchev–Trinajstić information content (AvgIpc) is 3.16. The van der Waals surface area contributed by atoms with Crippen LogP contribution >= 0.6 is 0 Å². The molecule has 26 heavy (non-hydrogen) atoms. The predicted molar refractivity (Wildman–Crippen MR) is 98.3 cm³/mol. The molecule has 0 atom stereocenters. The van der Waals surface area contributed by atoms with E-state index in [1.165, 1.54) is 0 Å². The van der Waals surface area contributed by atoms with Crippen LogP contribution in [0.2, 0.25) is 0 Å². The first-order chi connectivity index (χ1) is 12.6. The van der Waals surface area contributed by atoms with Crippen LogP contribution in [0.3, 0.4) is 0 Å². The van der Waals surface area contributed by atoms with Gasteiger partial charge in [-0.1, -0.05) is 12.8 Å². The van der Waals surface area contributed by atoms with E-state index in [9.17, 15) is 9.59 Å². The van der Waals surface area contributed by atoms with Crippen molar-refractivity contribution in [3.63, 3.8) is 0 Å². The van der Waals surface area contributed by atoms with Gasteiger partial charge in [-0.15, -0.1) is 0 Å². The topological polar surface area (TPSA) is 65.1 Å². The van der Waals surface area contributed by atoms with Crippen LogP contribution in [0.15, 0.2) is 24.3 Å². The summed E-state index contributed by atoms with van der Waals surface area (Å²) >= 11 is 0. The van der Waals surface area contributed by atoms with Crippen molar-refractivity contribution in [3.05, 3.63) is 24.3 Å². The third kappa shape index (κ3) is 6.24. The highest BCUT2D eigenvalue weighted by molar-refractivity contribution is 5.79. The first-order valence-corrected chi connectivity index (χ1v) is 9.44. The van der Waals surface area contributed by atoms with Crippen molar-refractivity contribution < 1.29 is 23.8 Å². The van der Waals surface area contributed by atoms with Crippen LogP contribution in [0.1, 0.15) is 46.0 Å². The van der Waals surface area contributed by atoms with Gasteiger partial charge in [0.05, 0.1) is 19.6 Å². The van der Waals surface area contributed by atoms with E-state index in [-0.39, 0.29) is 30.9 Å². The number of nitrogens with zero attached hydrogens (tertiary/aromatic N) is 1. The molecule has 0 N–H and O–H groups in total. The summed E-state index contributed by atoms with van der Waals surface area (Å²) in [6, 6.07) is 7.41. The molecule has 1 aromatic rings. The quantitative estimate of drug-likeness (QED) is 0.597. The normalized spacial score (nSPS) is 14.1. The molecule has 6 heteroatoms. The van der Waals surface area contributed by atoms with Gasteiger partial charge in [-0.25, -0.2) is 0 Å². The maximum absolute atomic E-state index is 12.7. The fourth-order valence-corrected chi connectivity index (χ4v) is 3.20. The van der Waals surface area contributed by atoms with Gasteiger partial charge in [0.2, 0.25) is 0 Å². The summed E-state index contributed by atoms with van der Waals surface area (Å²) in [5, 5.41) is 0. The Labute approximate surface area is 155 Å². The summed E-state index contributed by atoms with van der Waals surface area (Å²) in [7, 11) is 0. The predicted octanol–water partition coefficient (Wildman–Crippen LogP) is 3.19. The van der Waals surface area contributed by atoms with E-state index in [0.717, 1.165) is 31.4 Å². The van der Waals surface area contributed by atoms with E-state index in [0.29, 0.717) is 25.5 Å². The highest BCUT2D eigenvalue weighted by Crippen LogP contribution is 2.24. The summed E-state index contributed by atoms with van der Waals surface area (Å²) in [5.74, 6) is 1.04. The van der Waals surface area contributed by atoms with Gasteiger partial charge in [-0.3, -0.25) is 9.59 Å². The lowest BCUT2D eigenvalue weighted by molar-refractivity contribution is -0.144. The molecular weight excluding hydrogens is 334 g/mol. The van der Waals surface area contributed by atoms with Gasteiger partial charge in [0, 0.05) is 12.6 Å². The number of ether oxygens (including phenoxy) is 3. The molecule has 0 saturated heterocycles. The first kappa shape index (κ1) is 20.1. The Kier molecular flexibility index (Phi) is 8.25. The van der Waals surface area contributed by atoms with Crippen LogP contribution in [0.4, 0.5) is 0 Å². The highest BCUT2D eigenvalue weighted by atomic mass is 16.5. The lowest BCUT2D eigenvalue weighted by Crippen LogP contribution is -2.42. The second-order valence-corrected chi connectivity index (χ2v) is 6.27. The van der Waals surface area contributed by atoms with Crippen LogP contribution in [0, 0.1) is 0 Å². The number of hydrogen-bond acceptors (Lipinski definition) is 5. The van der Waals surface area contributed by atoms with Gasteiger partial charge in [-0.05, 0) is 51.0 Å². The SMILES string of the molecule is CCOC(=O)CCN(C(=O)COc1ccc(OCC)cc1)C1CCCC1. The zero-order chi connectivity index (χ0) is 18.8. The van der Waals surface area contributed by atoms with Gasteiger partial charge >= 0.3 is 5.97 Å². The van der Waals surface area contributed by atoms with Crippen molar-refractivity contribution in [3.8, 4) is 11.5 Å². The van der Waals surface area contributed by atoms with E-state index in [1.54, 1.807) is 24.0 Å². The minimum Gasteiger partial charge on any atom is -0.494 e. The zero-order valence-corrected chi connectivity index (χ0v) is 15.7. The molecular formula is C20H29NO5. The second kappa shape index (κ2) is 10.7. The van der Waals surface area contributed by atoms with Crippen LogP contribution < -0.4 is 9.47 Å². The average molecular weight is 363 g/mol. The third-order valence-electron chi connectivity index (χ3n) is 4.45. The van der Waals surface area contributed by atoms with Crippen molar-refractivity contribution in [2.24, 2.45) is 0 Å². The summed E-state index contributed by atoms with van der Waals surface area (Å²) in [6.07, 6.45) is 4.43. The molecule has 1 aromatic carbocycles. The fourth-order valence-electron chi connectivity index (χ4n) is 3.20. The van der Waals surface area contributed by atoms with Gasteiger partial charge in [0.15, 0.2) is 6.61 Å². The summed E-state index contributed by atoms with van der Waals surface area (Å²) in [4.78, 5) is 26.1.